The molecule has 1 saturated heterocycles. The van der Waals surface area contributed by atoms with Gasteiger partial charge in [0.25, 0.3) is 0 Å². The van der Waals surface area contributed by atoms with Crippen molar-refractivity contribution >= 4 is 5.97 Å². The van der Waals surface area contributed by atoms with Crippen LogP contribution in [0.1, 0.15) is 73.6 Å². The molecule has 0 atom stereocenters. The molecule has 0 aromatic heterocycles. The van der Waals surface area contributed by atoms with Crippen molar-refractivity contribution in [2.75, 3.05) is 0 Å². The summed E-state index contributed by atoms with van der Waals surface area (Å²) in [7, 11) is 0. The number of hydrogen-bond donors (Lipinski definition) is 0. The van der Waals surface area contributed by atoms with Crippen molar-refractivity contribution in [3.8, 4) is 0 Å². The zero-order valence-corrected chi connectivity index (χ0v) is 13.2. The third-order valence-electron chi connectivity index (χ3n) is 3.50. The van der Waals surface area contributed by atoms with Gasteiger partial charge in [-0.25, -0.2) is 4.79 Å². The van der Waals surface area contributed by atoms with Gasteiger partial charge in [-0.2, -0.15) is 9.78 Å². The minimum atomic E-state index is -1.12. The van der Waals surface area contributed by atoms with E-state index in [9.17, 15) is 4.79 Å². The lowest BCUT2D eigenvalue weighted by Crippen LogP contribution is -2.35. The zero-order chi connectivity index (χ0) is 14.7. The maximum Gasteiger partial charge on any atom is 0.373 e. The number of carbonyl (C=O) groups excluding carboxylic acids is 1. The Morgan fingerprint density at radius 1 is 1.11 bits per heavy atom. The third-order valence-corrected chi connectivity index (χ3v) is 3.50. The highest BCUT2D eigenvalue weighted by atomic mass is 17.4. The van der Waals surface area contributed by atoms with Gasteiger partial charge in [-0.15, -0.1) is 0 Å². The molecule has 1 rings (SSSR count). The van der Waals surface area contributed by atoms with Crippen molar-refractivity contribution in [1.29, 1.82) is 0 Å². The van der Waals surface area contributed by atoms with Gasteiger partial charge in [0.15, 0.2) is 0 Å². The van der Waals surface area contributed by atoms with Gasteiger partial charge in [0.2, 0.25) is 0 Å². The Labute approximate surface area is 116 Å². The summed E-state index contributed by atoms with van der Waals surface area (Å²) < 4.78 is 5.42. The molecule has 0 saturated carbocycles. The highest BCUT2D eigenvalue weighted by Gasteiger charge is 2.58. The molecule has 4 nitrogen and oxygen atoms in total. The molecular weight excluding hydrogens is 244 g/mol. The van der Waals surface area contributed by atoms with Crippen LogP contribution in [0.2, 0.25) is 0 Å². The summed E-state index contributed by atoms with van der Waals surface area (Å²) in [4.78, 5) is 21.8. The minimum Gasteiger partial charge on any atom is -0.456 e. The van der Waals surface area contributed by atoms with E-state index < -0.39 is 17.4 Å². The van der Waals surface area contributed by atoms with Crippen LogP contribution in [0.15, 0.2) is 0 Å². The van der Waals surface area contributed by atoms with E-state index in [0.29, 0.717) is 11.8 Å². The van der Waals surface area contributed by atoms with Crippen molar-refractivity contribution in [3.05, 3.63) is 0 Å². The van der Waals surface area contributed by atoms with Gasteiger partial charge in [-0.05, 0) is 38.5 Å². The summed E-state index contributed by atoms with van der Waals surface area (Å²) >= 11 is 0. The largest absolute Gasteiger partial charge is 0.456 e. The summed E-state index contributed by atoms with van der Waals surface area (Å²) in [5.41, 5.74) is -0.145. The number of carbonyl (C=O) groups is 1. The van der Waals surface area contributed by atoms with Gasteiger partial charge in [-0.1, -0.05) is 34.1 Å². The number of esters is 1. The van der Waals surface area contributed by atoms with Crippen molar-refractivity contribution in [1.82, 2.24) is 0 Å². The van der Waals surface area contributed by atoms with E-state index in [1.54, 1.807) is 0 Å². The normalized spacial score (nSPS) is 18.2. The smallest absolute Gasteiger partial charge is 0.373 e. The second-order valence-corrected chi connectivity index (χ2v) is 7.19. The Balaban J connectivity index is 2.35. The second kappa shape index (κ2) is 5.80. The van der Waals surface area contributed by atoms with Crippen LogP contribution in [0, 0.1) is 5.41 Å². The maximum atomic E-state index is 12.0. The lowest BCUT2D eigenvalue weighted by molar-refractivity contribution is -0.164. The lowest BCUT2D eigenvalue weighted by Gasteiger charge is -2.24. The predicted molar refractivity (Wildman–Crippen MR) is 73.3 cm³/mol. The first-order valence-electron chi connectivity index (χ1n) is 7.21. The van der Waals surface area contributed by atoms with Crippen molar-refractivity contribution < 1.29 is 19.3 Å². The molecule has 0 unspecified atom stereocenters. The molecule has 112 valence electrons. The van der Waals surface area contributed by atoms with Crippen molar-refractivity contribution in [2.24, 2.45) is 5.41 Å². The summed E-state index contributed by atoms with van der Waals surface area (Å²) in [6.45, 7) is 12.4. The van der Waals surface area contributed by atoms with E-state index in [1.165, 1.54) is 0 Å². The summed E-state index contributed by atoms with van der Waals surface area (Å²) in [6.07, 6.45) is 4.42. The van der Waals surface area contributed by atoms with Crippen LogP contribution < -0.4 is 0 Å². The quantitative estimate of drug-likeness (QED) is 0.304. The first-order chi connectivity index (χ1) is 8.60. The van der Waals surface area contributed by atoms with Gasteiger partial charge in [-0.3, -0.25) is 0 Å². The molecule has 1 fully saturated rings. The van der Waals surface area contributed by atoms with E-state index in [2.05, 4.69) is 20.8 Å². The minimum absolute atomic E-state index is 0.323. The van der Waals surface area contributed by atoms with Gasteiger partial charge >= 0.3 is 11.8 Å². The zero-order valence-electron chi connectivity index (χ0n) is 13.2. The van der Waals surface area contributed by atoms with Crippen molar-refractivity contribution in [2.45, 2.75) is 85.0 Å². The van der Waals surface area contributed by atoms with E-state index in [1.807, 2.05) is 20.8 Å². The molecule has 0 N–H and O–H groups in total. The van der Waals surface area contributed by atoms with Gasteiger partial charge in [0.1, 0.15) is 5.60 Å². The predicted octanol–water partition coefficient (Wildman–Crippen LogP) is 3.98. The first kappa shape index (κ1) is 16.4. The molecule has 0 amide bonds. The van der Waals surface area contributed by atoms with E-state index in [4.69, 9.17) is 14.5 Å². The van der Waals surface area contributed by atoms with Crippen LogP contribution in [0.25, 0.3) is 0 Å². The standard InChI is InChI=1S/C15H28O4/c1-7-14(5,6)17-12(16)15(18-19-15)11-9-8-10-13(2,3)4/h7-11H2,1-6H3. The lowest BCUT2D eigenvalue weighted by atomic mass is 9.89. The van der Waals surface area contributed by atoms with Crippen LogP contribution >= 0.6 is 0 Å². The number of unbranched alkanes of at least 4 members (excludes halogenated alkanes) is 1. The molecule has 1 aliphatic heterocycles. The molecule has 0 spiro atoms. The highest BCUT2D eigenvalue weighted by Crippen LogP contribution is 2.38. The fourth-order valence-electron chi connectivity index (χ4n) is 1.72. The van der Waals surface area contributed by atoms with Gasteiger partial charge in [0.05, 0.1) is 0 Å². The summed E-state index contributed by atoms with van der Waals surface area (Å²) in [6, 6.07) is 0. The fraction of sp³-hybridized carbons (Fsp3) is 0.933. The Hall–Kier alpha value is -0.610. The van der Waals surface area contributed by atoms with Gasteiger partial charge in [0, 0.05) is 6.42 Å². The molecule has 0 aromatic carbocycles. The Morgan fingerprint density at radius 3 is 2.11 bits per heavy atom. The number of rotatable bonds is 7. The number of hydrogen-bond acceptors (Lipinski definition) is 4. The van der Waals surface area contributed by atoms with E-state index >= 15 is 0 Å². The molecule has 0 bridgehead atoms. The summed E-state index contributed by atoms with van der Waals surface area (Å²) in [5.74, 6) is -1.51. The maximum absolute atomic E-state index is 12.0. The SMILES string of the molecule is CCC(C)(C)OC(=O)C1(CCCCC(C)(C)C)OO1. The summed E-state index contributed by atoms with van der Waals surface area (Å²) in [5, 5.41) is 0. The number of ether oxygens (including phenoxy) is 1. The van der Waals surface area contributed by atoms with Crippen LogP contribution in [0.5, 0.6) is 0 Å². The molecule has 0 radical (unpaired) electrons. The Morgan fingerprint density at radius 2 is 1.68 bits per heavy atom. The molecule has 0 aromatic rings. The van der Waals surface area contributed by atoms with E-state index in [-0.39, 0.29) is 0 Å². The van der Waals surface area contributed by atoms with Crippen molar-refractivity contribution in [3.63, 3.8) is 0 Å². The molecule has 1 aliphatic rings. The molecular formula is C15H28O4. The fourth-order valence-corrected chi connectivity index (χ4v) is 1.72. The third kappa shape index (κ3) is 5.49. The van der Waals surface area contributed by atoms with E-state index in [0.717, 1.165) is 25.7 Å². The molecule has 0 aliphatic carbocycles. The Bertz CT molecular complexity index is 311. The molecule has 1 heterocycles. The van der Waals surface area contributed by atoms with Crippen LogP contribution in [-0.4, -0.2) is 17.4 Å². The van der Waals surface area contributed by atoms with Crippen LogP contribution in [-0.2, 0) is 19.3 Å². The topological polar surface area (TPSA) is 51.4 Å². The van der Waals surface area contributed by atoms with Crippen LogP contribution in [0.3, 0.4) is 0 Å². The van der Waals surface area contributed by atoms with Crippen LogP contribution in [0.4, 0.5) is 0 Å². The second-order valence-electron chi connectivity index (χ2n) is 7.19. The monoisotopic (exact) mass is 272 g/mol. The first-order valence-corrected chi connectivity index (χ1v) is 7.21. The highest BCUT2D eigenvalue weighted by molar-refractivity contribution is 5.79. The Kier molecular flexibility index (Phi) is 5.02. The molecule has 19 heavy (non-hydrogen) atoms. The average molecular weight is 272 g/mol. The van der Waals surface area contributed by atoms with Gasteiger partial charge < -0.3 is 4.74 Å². The molecule has 4 heteroatoms. The average Bonchev–Trinajstić information content (AvgIpc) is 3.04.